The number of allylic oxidation sites excluding steroid dienone is 4. The van der Waals surface area contributed by atoms with Gasteiger partial charge in [0.25, 0.3) is 0 Å². The molecule has 0 atom stereocenters. The van der Waals surface area contributed by atoms with Gasteiger partial charge < -0.3 is 0 Å². The van der Waals surface area contributed by atoms with Crippen molar-refractivity contribution in [3.8, 4) is 0 Å². The van der Waals surface area contributed by atoms with E-state index in [1.54, 1.807) is 0 Å². The van der Waals surface area contributed by atoms with E-state index in [0.717, 1.165) is 0 Å². The van der Waals surface area contributed by atoms with E-state index in [0.29, 0.717) is 5.16 Å². The maximum Gasteiger partial charge on any atom is 0.00254 e. The smallest absolute Gasteiger partial charge is 0.00254 e. The summed E-state index contributed by atoms with van der Waals surface area (Å²) >= 11 is 0. The summed E-state index contributed by atoms with van der Waals surface area (Å²) in [6.07, 6.45) is 6.66. The third-order valence-corrected chi connectivity index (χ3v) is 4.54. The Morgan fingerprint density at radius 1 is 1.17 bits per heavy atom. The predicted molar refractivity (Wildman–Crippen MR) is 61.4 cm³/mol. The van der Waals surface area contributed by atoms with E-state index in [4.69, 9.17) is 0 Å². The van der Waals surface area contributed by atoms with Crippen LogP contribution in [0.25, 0.3) is 0 Å². The molecule has 0 radical (unpaired) electrons. The highest BCUT2D eigenvalue weighted by atomic mass is 31.1. The van der Waals surface area contributed by atoms with Crippen molar-refractivity contribution < 1.29 is 0 Å². The minimum Gasteiger partial charge on any atom is -0.103 e. The molecule has 0 aliphatic rings. The number of rotatable bonds is 3. The molecule has 0 amide bonds. The molecule has 0 aromatic heterocycles. The molecule has 0 aliphatic heterocycles. The SMILES string of the molecule is CC(C)=C/C=C\C(C)(C)P(C)C. The number of hydrogen-bond acceptors (Lipinski definition) is 0. The molecular weight excluding hydrogens is 163 g/mol. The molecule has 0 fully saturated rings. The molecule has 0 aromatic rings. The van der Waals surface area contributed by atoms with Crippen LogP contribution in [0.1, 0.15) is 27.7 Å². The number of hydrogen-bond donors (Lipinski definition) is 0. The van der Waals surface area contributed by atoms with Crippen molar-refractivity contribution in [2.75, 3.05) is 13.3 Å². The lowest BCUT2D eigenvalue weighted by Gasteiger charge is -2.25. The Bertz CT molecular complexity index is 181. The monoisotopic (exact) mass is 184 g/mol. The largest absolute Gasteiger partial charge is 0.103 e. The summed E-state index contributed by atoms with van der Waals surface area (Å²) in [4.78, 5) is 0. The molecule has 0 aliphatic carbocycles. The molecule has 0 nitrogen and oxygen atoms in total. The van der Waals surface area contributed by atoms with E-state index in [9.17, 15) is 0 Å². The summed E-state index contributed by atoms with van der Waals surface area (Å²) in [7, 11) is 0.109. The standard InChI is InChI=1S/C11H21P/c1-10(2)8-7-9-11(3,4)12(5)6/h7-9H,1-6H3/b9-7-. The van der Waals surface area contributed by atoms with E-state index in [1.807, 2.05) is 0 Å². The van der Waals surface area contributed by atoms with Crippen LogP contribution >= 0.6 is 7.92 Å². The second-order valence-corrected chi connectivity index (χ2v) is 7.09. The Hall–Kier alpha value is -0.0900. The Morgan fingerprint density at radius 2 is 1.67 bits per heavy atom. The molecule has 0 N–H and O–H groups in total. The van der Waals surface area contributed by atoms with E-state index in [2.05, 4.69) is 59.3 Å². The first-order chi connectivity index (χ1) is 5.36. The molecule has 0 saturated heterocycles. The fourth-order valence-electron chi connectivity index (χ4n) is 0.625. The van der Waals surface area contributed by atoms with Crippen molar-refractivity contribution in [2.45, 2.75) is 32.9 Å². The molecule has 12 heavy (non-hydrogen) atoms. The molecule has 0 heterocycles. The van der Waals surface area contributed by atoms with Gasteiger partial charge in [-0.1, -0.05) is 37.6 Å². The van der Waals surface area contributed by atoms with Crippen molar-refractivity contribution in [3.63, 3.8) is 0 Å². The van der Waals surface area contributed by atoms with Crippen molar-refractivity contribution >= 4 is 7.92 Å². The predicted octanol–water partition coefficient (Wildman–Crippen LogP) is 4.03. The Labute approximate surface area is 78.5 Å². The molecule has 0 unspecified atom stereocenters. The second-order valence-electron chi connectivity index (χ2n) is 4.15. The minimum atomic E-state index is 0.109. The lowest BCUT2D eigenvalue weighted by Crippen LogP contribution is -2.11. The molecule has 0 rings (SSSR count). The van der Waals surface area contributed by atoms with Gasteiger partial charge in [-0.15, -0.1) is 7.92 Å². The second kappa shape index (κ2) is 4.82. The van der Waals surface area contributed by atoms with Crippen molar-refractivity contribution in [1.29, 1.82) is 0 Å². The van der Waals surface area contributed by atoms with E-state index < -0.39 is 0 Å². The molecule has 1 heteroatoms. The van der Waals surface area contributed by atoms with Crippen LogP contribution in [0.3, 0.4) is 0 Å². The van der Waals surface area contributed by atoms with Gasteiger partial charge in [0.05, 0.1) is 0 Å². The zero-order valence-corrected chi connectivity index (χ0v) is 10.1. The third kappa shape index (κ3) is 4.72. The van der Waals surface area contributed by atoms with Gasteiger partial charge in [-0.3, -0.25) is 0 Å². The highest BCUT2D eigenvalue weighted by Crippen LogP contribution is 2.43. The zero-order valence-electron chi connectivity index (χ0n) is 9.18. The van der Waals surface area contributed by atoms with Crippen LogP contribution < -0.4 is 0 Å². The molecule has 70 valence electrons. The van der Waals surface area contributed by atoms with Gasteiger partial charge in [-0.2, -0.15) is 0 Å². The van der Waals surface area contributed by atoms with E-state index >= 15 is 0 Å². The van der Waals surface area contributed by atoms with Crippen molar-refractivity contribution in [2.24, 2.45) is 0 Å². The van der Waals surface area contributed by atoms with Crippen LogP contribution in [-0.2, 0) is 0 Å². The molecule has 0 spiro atoms. The Kier molecular flexibility index (Phi) is 4.78. The normalized spacial score (nSPS) is 12.6. The summed E-state index contributed by atoms with van der Waals surface area (Å²) in [5.74, 6) is 0. The quantitative estimate of drug-likeness (QED) is 0.459. The molecule has 0 bridgehead atoms. The topological polar surface area (TPSA) is 0 Å². The first-order valence-corrected chi connectivity index (χ1v) is 6.60. The van der Waals surface area contributed by atoms with Crippen molar-refractivity contribution in [1.82, 2.24) is 0 Å². The lowest BCUT2D eigenvalue weighted by molar-refractivity contribution is 0.882. The maximum absolute atomic E-state index is 2.32. The third-order valence-electron chi connectivity index (χ3n) is 2.09. The van der Waals surface area contributed by atoms with Crippen LogP contribution in [0.4, 0.5) is 0 Å². The van der Waals surface area contributed by atoms with Crippen LogP contribution in [0, 0.1) is 0 Å². The fraction of sp³-hybridized carbons (Fsp3) is 0.636. The van der Waals surface area contributed by atoms with E-state index in [1.165, 1.54) is 5.57 Å². The van der Waals surface area contributed by atoms with Crippen LogP contribution in [0.15, 0.2) is 23.8 Å². The van der Waals surface area contributed by atoms with Gasteiger partial charge in [0.1, 0.15) is 0 Å². The molecule has 0 aromatic carbocycles. The average Bonchev–Trinajstić information content (AvgIpc) is 1.85. The summed E-state index contributed by atoms with van der Waals surface area (Å²) in [6.45, 7) is 13.5. The zero-order chi connectivity index (χ0) is 9.78. The summed E-state index contributed by atoms with van der Waals surface area (Å²) in [5.41, 5.74) is 1.36. The minimum absolute atomic E-state index is 0.109. The van der Waals surface area contributed by atoms with Gasteiger partial charge in [-0.05, 0) is 27.2 Å². The highest BCUT2D eigenvalue weighted by molar-refractivity contribution is 7.57. The first kappa shape index (κ1) is 11.9. The average molecular weight is 184 g/mol. The van der Waals surface area contributed by atoms with Crippen LogP contribution in [0.2, 0.25) is 0 Å². The van der Waals surface area contributed by atoms with Gasteiger partial charge in [0.2, 0.25) is 0 Å². The molecular formula is C11H21P. The summed E-state index contributed by atoms with van der Waals surface area (Å²) < 4.78 is 0. The lowest BCUT2D eigenvalue weighted by atomic mass is 10.2. The van der Waals surface area contributed by atoms with Gasteiger partial charge >= 0.3 is 0 Å². The Balaban J connectivity index is 4.24. The maximum atomic E-state index is 2.32. The van der Waals surface area contributed by atoms with Gasteiger partial charge in [0, 0.05) is 5.16 Å². The summed E-state index contributed by atoms with van der Waals surface area (Å²) in [6, 6.07) is 0. The van der Waals surface area contributed by atoms with Crippen LogP contribution in [-0.4, -0.2) is 18.5 Å². The highest BCUT2D eigenvalue weighted by Gasteiger charge is 2.16. The van der Waals surface area contributed by atoms with Gasteiger partial charge in [0.15, 0.2) is 0 Å². The van der Waals surface area contributed by atoms with E-state index in [-0.39, 0.29) is 7.92 Å². The van der Waals surface area contributed by atoms with Gasteiger partial charge in [-0.25, -0.2) is 0 Å². The van der Waals surface area contributed by atoms with Crippen LogP contribution in [0.5, 0.6) is 0 Å². The first-order valence-electron chi connectivity index (χ1n) is 4.36. The fourth-order valence-corrected chi connectivity index (χ4v) is 1.01. The van der Waals surface area contributed by atoms with Crippen molar-refractivity contribution in [3.05, 3.63) is 23.8 Å². The molecule has 0 saturated carbocycles. The summed E-state index contributed by atoms with van der Waals surface area (Å²) in [5, 5.41) is 0.376. The Morgan fingerprint density at radius 3 is 2.00 bits per heavy atom.